The smallest absolute Gasteiger partial charge is 0.319 e. The Hall–Kier alpha value is -1.89. The molecule has 1 aliphatic rings. The van der Waals surface area contributed by atoms with Crippen molar-refractivity contribution in [1.82, 2.24) is 14.9 Å². The van der Waals surface area contributed by atoms with Crippen LogP contribution in [-0.4, -0.2) is 16.1 Å². The quantitative estimate of drug-likeness (QED) is 0.864. The fourth-order valence-corrected chi connectivity index (χ4v) is 2.51. The lowest BCUT2D eigenvalue weighted by molar-refractivity contribution is -0.147. The summed E-state index contributed by atoms with van der Waals surface area (Å²) in [4.78, 5) is 3.76. The summed E-state index contributed by atoms with van der Waals surface area (Å²) in [6.07, 6.45) is -4.02. The number of aromatic nitrogens is 2. The molecular weight excluding hydrogens is 286 g/mol. The van der Waals surface area contributed by atoms with E-state index >= 15 is 0 Å². The Morgan fingerprint density at radius 1 is 1.19 bits per heavy atom. The summed E-state index contributed by atoms with van der Waals surface area (Å²) in [5.74, 6) is -1.30. The maximum Gasteiger partial charge on any atom is 0.449 e. The minimum absolute atomic E-state index is 0.0269. The van der Waals surface area contributed by atoms with Gasteiger partial charge in [0.25, 0.3) is 0 Å². The number of benzene rings is 1. The zero-order valence-electron chi connectivity index (χ0n) is 11.0. The fourth-order valence-electron chi connectivity index (χ4n) is 2.51. The van der Waals surface area contributed by atoms with E-state index in [9.17, 15) is 17.6 Å². The van der Waals surface area contributed by atoms with Crippen LogP contribution in [-0.2, 0) is 25.7 Å². The first-order chi connectivity index (χ1) is 9.95. The highest BCUT2D eigenvalue weighted by Crippen LogP contribution is 2.31. The van der Waals surface area contributed by atoms with Gasteiger partial charge in [0.15, 0.2) is 0 Å². The van der Waals surface area contributed by atoms with Crippen LogP contribution in [0.3, 0.4) is 0 Å². The SMILES string of the molecule is Fc1ccc(Cn2c(C(F)(F)F)nc3c2CNCC3)cc1. The van der Waals surface area contributed by atoms with Gasteiger partial charge in [-0.3, -0.25) is 0 Å². The number of fused-ring (bicyclic) bond motifs is 1. The summed E-state index contributed by atoms with van der Waals surface area (Å²) in [7, 11) is 0. The molecule has 1 aliphatic heterocycles. The molecule has 0 amide bonds. The second-order valence-corrected chi connectivity index (χ2v) is 4.97. The highest BCUT2D eigenvalue weighted by atomic mass is 19.4. The van der Waals surface area contributed by atoms with Crippen LogP contribution in [0.5, 0.6) is 0 Å². The summed E-state index contributed by atoms with van der Waals surface area (Å²) in [6, 6.07) is 5.45. The topological polar surface area (TPSA) is 29.9 Å². The molecule has 1 aromatic carbocycles. The molecule has 1 N–H and O–H groups in total. The van der Waals surface area contributed by atoms with Crippen LogP contribution in [0, 0.1) is 5.82 Å². The normalized spacial score (nSPS) is 15.0. The van der Waals surface area contributed by atoms with Crippen molar-refractivity contribution in [3.8, 4) is 0 Å². The van der Waals surface area contributed by atoms with E-state index in [0.717, 1.165) is 0 Å². The number of hydrogen-bond acceptors (Lipinski definition) is 2. The van der Waals surface area contributed by atoms with Crippen LogP contribution >= 0.6 is 0 Å². The predicted octanol–water partition coefficient (Wildman–Crippen LogP) is 2.74. The molecule has 0 unspecified atom stereocenters. The van der Waals surface area contributed by atoms with Crippen LogP contribution in [0.2, 0.25) is 0 Å². The van der Waals surface area contributed by atoms with E-state index in [4.69, 9.17) is 0 Å². The maximum atomic E-state index is 13.1. The Morgan fingerprint density at radius 2 is 1.90 bits per heavy atom. The summed E-state index contributed by atoms with van der Waals surface area (Å²) in [6.45, 7) is 1.01. The van der Waals surface area contributed by atoms with Gasteiger partial charge in [-0.2, -0.15) is 13.2 Å². The summed E-state index contributed by atoms with van der Waals surface area (Å²) >= 11 is 0. The molecule has 112 valence electrons. The molecule has 3 nitrogen and oxygen atoms in total. The number of halogens is 4. The second-order valence-electron chi connectivity index (χ2n) is 4.97. The monoisotopic (exact) mass is 299 g/mol. The molecule has 0 radical (unpaired) electrons. The number of alkyl halides is 3. The molecule has 0 atom stereocenters. The molecule has 0 bridgehead atoms. The number of nitrogens with one attached hydrogen (secondary N) is 1. The van der Waals surface area contributed by atoms with Gasteiger partial charge < -0.3 is 9.88 Å². The van der Waals surface area contributed by atoms with Gasteiger partial charge in [-0.15, -0.1) is 0 Å². The average molecular weight is 299 g/mol. The first-order valence-electron chi connectivity index (χ1n) is 6.56. The molecule has 3 rings (SSSR count). The molecule has 7 heteroatoms. The van der Waals surface area contributed by atoms with E-state index in [1.807, 2.05) is 0 Å². The van der Waals surface area contributed by atoms with Gasteiger partial charge >= 0.3 is 6.18 Å². The minimum Gasteiger partial charge on any atom is -0.319 e. The van der Waals surface area contributed by atoms with E-state index in [1.165, 1.54) is 28.8 Å². The minimum atomic E-state index is -4.50. The zero-order chi connectivity index (χ0) is 15.0. The average Bonchev–Trinajstić information content (AvgIpc) is 2.81. The van der Waals surface area contributed by atoms with Crippen LogP contribution in [0.25, 0.3) is 0 Å². The third-order valence-corrected chi connectivity index (χ3v) is 3.49. The molecule has 0 saturated heterocycles. The molecule has 0 spiro atoms. The van der Waals surface area contributed by atoms with Gasteiger partial charge in [0, 0.05) is 26.1 Å². The van der Waals surface area contributed by atoms with Gasteiger partial charge in [0.2, 0.25) is 5.82 Å². The van der Waals surface area contributed by atoms with Gasteiger partial charge in [-0.05, 0) is 17.7 Å². The Bertz CT molecular complexity index is 643. The molecular formula is C14H13F4N3. The first kappa shape index (κ1) is 14.1. The van der Waals surface area contributed by atoms with Crippen LogP contribution in [0.1, 0.15) is 22.8 Å². The predicted molar refractivity (Wildman–Crippen MR) is 68.1 cm³/mol. The zero-order valence-corrected chi connectivity index (χ0v) is 11.0. The van der Waals surface area contributed by atoms with E-state index in [-0.39, 0.29) is 6.54 Å². The fraction of sp³-hybridized carbons (Fsp3) is 0.357. The van der Waals surface area contributed by atoms with Crippen LogP contribution in [0.4, 0.5) is 17.6 Å². The van der Waals surface area contributed by atoms with Crippen molar-refractivity contribution in [1.29, 1.82) is 0 Å². The lowest BCUT2D eigenvalue weighted by Gasteiger charge is -2.17. The standard InChI is InChI=1S/C14H13F4N3/c15-10-3-1-9(2-4-10)8-21-12-7-19-6-5-11(12)20-13(21)14(16,17)18/h1-4,19H,5-8H2. The summed E-state index contributed by atoms with van der Waals surface area (Å²) < 4.78 is 53.5. The van der Waals surface area contributed by atoms with Gasteiger partial charge in [-0.1, -0.05) is 12.1 Å². The highest BCUT2D eigenvalue weighted by Gasteiger charge is 2.39. The van der Waals surface area contributed by atoms with E-state index in [0.29, 0.717) is 36.5 Å². The Morgan fingerprint density at radius 3 is 2.57 bits per heavy atom. The summed E-state index contributed by atoms with van der Waals surface area (Å²) in [5.41, 5.74) is 1.65. The highest BCUT2D eigenvalue weighted by molar-refractivity contribution is 5.25. The van der Waals surface area contributed by atoms with E-state index < -0.39 is 17.8 Å². The Balaban J connectivity index is 2.03. The maximum absolute atomic E-state index is 13.1. The lowest BCUT2D eigenvalue weighted by Crippen LogP contribution is -2.26. The molecule has 1 aromatic heterocycles. The van der Waals surface area contributed by atoms with Gasteiger partial charge in [0.1, 0.15) is 5.82 Å². The largest absolute Gasteiger partial charge is 0.449 e. The summed E-state index contributed by atoms with van der Waals surface area (Å²) in [5, 5.41) is 3.05. The number of nitrogens with zero attached hydrogens (tertiary/aromatic N) is 2. The van der Waals surface area contributed by atoms with E-state index in [2.05, 4.69) is 10.3 Å². The van der Waals surface area contributed by atoms with Crippen molar-refractivity contribution in [2.75, 3.05) is 6.54 Å². The second kappa shape index (κ2) is 5.14. The first-order valence-corrected chi connectivity index (χ1v) is 6.56. The molecule has 0 fully saturated rings. The van der Waals surface area contributed by atoms with Crippen molar-refractivity contribution in [2.24, 2.45) is 0 Å². The van der Waals surface area contributed by atoms with Gasteiger partial charge in [-0.25, -0.2) is 9.37 Å². The lowest BCUT2D eigenvalue weighted by atomic mass is 10.1. The van der Waals surface area contributed by atoms with Crippen molar-refractivity contribution < 1.29 is 17.6 Å². The number of rotatable bonds is 2. The molecule has 0 saturated carbocycles. The third-order valence-electron chi connectivity index (χ3n) is 3.49. The molecule has 21 heavy (non-hydrogen) atoms. The van der Waals surface area contributed by atoms with Crippen molar-refractivity contribution in [2.45, 2.75) is 25.7 Å². The van der Waals surface area contributed by atoms with Gasteiger partial charge in [0.05, 0.1) is 11.4 Å². The molecule has 2 aromatic rings. The van der Waals surface area contributed by atoms with Crippen molar-refractivity contribution in [3.05, 3.63) is 52.9 Å². The third kappa shape index (κ3) is 2.78. The Kier molecular flexibility index (Phi) is 3.44. The number of imidazole rings is 1. The molecule has 2 heterocycles. The van der Waals surface area contributed by atoms with Crippen molar-refractivity contribution >= 4 is 0 Å². The van der Waals surface area contributed by atoms with E-state index in [1.54, 1.807) is 0 Å². The van der Waals surface area contributed by atoms with Crippen molar-refractivity contribution in [3.63, 3.8) is 0 Å². The number of hydrogen-bond donors (Lipinski definition) is 1. The van der Waals surface area contributed by atoms with Crippen LogP contribution in [0.15, 0.2) is 24.3 Å². The Labute approximate surface area is 118 Å². The van der Waals surface area contributed by atoms with Crippen LogP contribution < -0.4 is 5.32 Å². The molecule has 0 aliphatic carbocycles.